The summed E-state index contributed by atoms with van der Waals surface area (Å²) in [5, 5.41) is 0. The molecule has 0 saturated heterocycles. The highest BCUT2D eigenvalue weighted by molar-refractivity contribution is 6.17. The van der Waals surface area contributed by atoms with Crippen molar-refractivity contribution in [1.82, 2.24) is 0 Å². The smallest absolute Gasteiger partial charge is 0.0688 e. The van der Waals surface area contributed by atoms with Gasteiger partial charge in [0.05, 0.1) is 11.4 Å². The second kappa shape index (κ2) is 6.69. The lowest BCUT2D eigenvalue weighted by molar-refractivity contribution is 1.29. The van der Waals surface area contributed by atoms with Crippen LogP contribution in [0, 0.1) is 41.5 Å². The lowest BCUT2D eigenvalue weighted by Gasteiger charge is -2.06. The first-order chi connectivity index (χ1) is 10.4. The van der Waals surface area contributed by atoms with E-state index in [1.54, 1.807) is 12.4 Å². The summed E-state index contributed by atoms with van der Waals surface area (Å²) in [4.78, 5) is 9.13. The normalized spacial score (nSPS) is 11.7. The SMILES string of the molecule is Cc1cc(C)c(N=CC=Nc2c(C)cc(C)cc2C)c(C)c1. The molecule has 0 aliphatic heterocycles. The third-order valence-electron chi connectivity index (χ3n) is 3.74. The molecular weight excluding hydrogens is 268 g/mol. The van der Waals surface area contributed by atoms with Crippen molar-refractivity contribution in [2.75, 3.05) is 0 Å². The van der Waals surface area contributed by atoms with E-state index in [9.17, 15) is 0 Å². The molecule has 0 atom stereocenters. The molecule has 0 heterocycles. The van der Waals surface area contributed by atoms with Crippen molar-refractivity contribution in [1.29, 1.82) is 0 Å². The van der Waals surface area contributed by atoms with Gasteiger partial charge >= 0.3 is 0 Å². The minimum Gasteiger partial charge on any atom is -0.255 e. The van der Waals surface area contributed by atoms with Crippen molar-refractivity contribution < 1.29 is 0 Å². The minimum atomic E-state index is 1.04. The molecular formula is C20H24N2. The van der Waals surface area contributed by atoms with Gasteiger partial charge in [-0.25, -0.2) is 0 Å². The van der Waals surface area contributed by atoms with E-state index in [4.69, 9.17) is 0 Å². The molecule has 0 saturated carbocycles. The van der Waals surface area contributed by atoms with Gasteiger partial charge in [-0.1, -0.05) is 35.4 Å². The highest BCUT2D eigenvalue weighted by atomic mass is 14.8. The second-order valence-electron chi connectivity index (χ2n) is 6.05. The maximum atomic E-state index is 4.56. The lowest BCUT2D eigenvalue weighted by Crippen LogP contribution is -1.86. The third-order valence-corrected chi connectivity index (χ3v) is 3.74. The Morgan fingerprint density at radius 3 is 1.09 bits per heavy atom. The fraction of sp³-hybridized carbons (Fsp3) is 0.300. The Labute approximate surface area is 133 Å². The zero-order chi connectivity index (χ0) is 16.3. The molecule has 2 aromatic rings. The van der Waals surface area contributed by atoms with E-state index in [1.165, 1.54) is 33.4 Å². The van der Waals surface area contributed by atoms with Gasteiger partial charge in [-0.05, 0) is 63.8 Å². The van der Waals surface area contributed by atoms with Crippen LogP contribution in [-0.4, -0.2) is 12.4 Å². The molecule has 0 aliphatic carbocycles. The van der Waals surface area contributed by atoms with Crippen molar-refractivity contribution in [3.05, 3.63) is 57.6 Å². The van der Waals surface area contributed by atoms with Crippen LogP contribution in [-0.2, 0) is 0 Å². The number of benzene rings is 2. The summed E-state index contributed by atoms with van der Waals surface area (Å²) in [6.07, 6.45) is 3.56. The zero-order valence-corrected chi connectivity index (χ0v) is 14.4. The lowest BCUT2D eigenvalue weighted by atomic mass is 10.1. The quantitative estimate of drug-likeness (QED) is 0.654. The molecule has 22 heavy (non-hydrogen) atoms. The maximum absolute atomic E-state index is 4.56. The van der Waals surface area contributed by atoms with Gasteiger partial charge in [0.15, 0.2) is 0 Å². The summed E-state index contributed by atoms with van der Waals surface area (Å²) in [5.41, 5.74) is 9.41. The number of nitrogens with zero attached hydrogens (tertiary/aromatic N) is 2. The topological polar surface area (TPSA) is 24.7 Å². The molecule has 0 fully saturated rings. The highest BCUT2D eigenvalue weighted by Crippen LogP contribution is 2.25. The number of rotatable bonds is 3. The Kier molecular flexibility index (Phi) is 4.92. The van der Waals surface area contributed by atoms with Crippen LogP contribution in [0.25, 0.3) is 0 Å². The standard InChI is InChI=1S/C20H24N2/c1-13-9-15(3)19(16(4)10-13)21-7-8-22-20-17(5)11-14(2)12-18(20)6/h7-12H,1-6H3. The predicted molar refractivity (Wildman–Crippen MR) is 97.6 cm³/mol. The van der Waals surface area contributed by atoms with Crippen molar-refractivity contribution in [3.63, 3.8) is 0 Å². The Morgan fingerprint density at radius 2 is 0.818 bits per heavy atom. The Bertz CT molecular complexity index is 641. The minimum absolute atomic E-state index is 1.04. The predicted octanol–water partition coefficient (Wildman–Crippen LogP) is 5.64. The van der Waals surface area contributed by atoms with Gasteiger partial charge in [0.2, 0.25) is 0 Å². The maximum Gasteiger partial charge on any atom is 0.0688 e. The van der Waals surface area contributed by atoms with Gasteiger partial charge in [0.25, 0.3) is 0 Å². The Balaban J connectivity index is 2.24. The van der Waals surface area contributed by atoms with Crippen LogP contribution in [0.15, 0.2) is 34.3 Å². The van der Waals surface area contributed by atoms with Crippen molar-refractivity contribution in [3.8, 4) is 0 Å². The monoisotopic (exact) mass is 292 g/mol. The summed E-state index contributed by atoms with van der Waals surface area (Å²) in [7, 11) is 0. The molecule has 2 aromatic carbocycles. The summed E-state index contributed by atoms with van der Waals surface area (Å²) >= 11 is 0. The van der Waals surface area contributed by atoms with E-state index in [2.05, 4.69) is 75.8 Å². The average molecular weight is 292 g/mol. The van der Waals surface area contributed by atoms with Gasteiger partial charge in [-0.15, -0.1) is 0 Å². The molecule has 0 unspecified atom stereocenters. The van der Waals surface area contributed by atoms with Gasteiger partial charge in [-0.3, -0.25) is 9.98 Å². The summed E-state index contributed by atoms with van der Waals surface area (Å²) < 4.78 is 0. The number of hydrogen-bond acceptors (Lipinski definition) is 2. The first-order valence-corrected chi connectivity index (χ1v) is 7.61. The van der Waals surface area contributed by atoms with E-state index in [1.807, 2.05) is 0 Å². The van der Waals surface area contributed by atoms with Gasteiger partial charge < -0.3 is 0 Å². The van der Waals surface area contributed by atoms with Crippen molar-refractivity contribution in [2.45, 2.75) is 41.5 Å². The third kappa shape index (κ3) is 3.70. The van der Waals surface area contributed by atoms with Crippen LogP contribution in [0.4, 0.5) is 11.4 Å². The van der Waals surface area contributed by atoms with E-state index in [0.29, 0.717) is 0 Å². The van der Waals surface area contributed by atoms with E-state index >= 15 is 0 Å². The van der Waals surface area contributed by atoms with E-state index < -0.39 is 0 Å². The van der Waals surface area contributed by atoms with Crippen LogP contribution < -0.4 is 0 Å². The number of hydrogen-bond donors (Lipinski definition) is 0. The summed E-state index contributed by atoms with van der Waals surface area (Å²) in [5.74, 6) is 0. The first kappa shape index (κ1) is 16.2. The van der Waals surface area contributed by atoms with Crippen LogP contribution in [0.1, 0.15) is 33.4 Å². The molecule has 0 spiro atoms. The summed E-state index contributed by atoms with van der Waals surface area (Å²) in [6, 6.07) is 8.63. The molecule has 0 radical (unpaired) electrons. The average Bonchev–Trinajstić information content (AvgIpc) is 2.38. The fourth-order valence-electron chi connectivity index (χ4n) is 2.97. The van der Waals surface area contributed by atoms with Crippen molar-refractivity contribution in [2.24, 2.45) is 9.98 Å². The zero-order valence-electron chi connectivity index (χ0n) is 14.4. The van der Waals surface area contributed by atoms with Crippen LogP contribution in [0.3, 0.4) is 0 Å². The molecule has 114 valence electrons. The van der Waals surface area contributed by atoms with Gasteiger partial charge in [0, 0.05) is 12.4 Å². The molecule has 0 bridgehead atoms. The molecule has 0 aromatic heterocycles. The Hall–Kier alpha value is -2.22. The molecule has 0 amide bonds. The molecule has 0 aliphatic rings. The molecule has 2 rings (SSSR count). The van der Waals surface area contributed by atoms with Gasteiger partial charge in [-0.2, -0.15) is 0 Å². The number of aryl methyl sites for hydroxylation is 6. The van der Waals surface area contributed by atoms with Crippen LogP contribution in [0.2, 0.25) is 0 Å². The first-order valence-electron chi connectivity index (χ1n) is 7.61. The second-order valence-corrected chi connectivity index (χ2v) is 6.05. The van der Waals surface area contributed by atoms with Gasteiger partial charge in [0.1, 0.15) is 0 Å². The Morgan fingerprint density at radius 1 is 0.545 bits per heavy atom. The highest BCUT2D eigenvalue weighted by Gasteiger charge is 2.02. The largest absolute Gasteiger partial charge is 0.255 e. The van der Waals surface area contributed by atoms with Crippen LogP contribution >= 0.6 is 0 Å². The number of aliphatic imine (C=N–C) groups is 2. The van der Waals surface area contributed by atoms with E-state index in [0.717, 1.165) is 11.4 Å². The molecule has 2 nitrogen and oxygen atoms in total. The molecule has 2 heteroatoms. The summed E-state index contributed by atoms with van der Waals surface area (Å²) in [6.45, 7) is 12.6. The molecule has 0 N–H and O–H groups in total. The van der Waals surface area contributed by atoms with Crippen LogP contribution in [0.5, 0.6) is 0 Å². The van der Waals surface area contributed by atoms with Crippen molar-refractivity contribution >= 4 is 23.8 Å². The van der Waals surface area contributed by atoms with E-state index in [-0.39, 0.29) is 0 Å². The fourth-order valence-corrected chi connectivity index (χ4v) is 2.97.